The lowest BCUT2D eigenvalue weighted by Gasteiger charge is -2.23. The third kappa shape index (κ3) is 6.49. The molecule has 2 heterocycles. The van der Waals surface area contributed by atoms with Crippen LogP contribution in [0.4, 0.5) is 0 Å². The summed E-state index contributed by atoms with van der Waals surface area (Å²) in [7, 11) is 0. The number of thioether (sulfide) groups is 1. The predicted molar refractivity (Wildman–Crippen MR) is 115 cm³/mol. The van der Waals surface area contributed by atoms with E-state index in [1.54, 1.807) is 23.1 Å². The van der Waals surface area contributed by atoms with Gasteiger partial charge in [0.05, 0.1) is 10.7 Å². The standard InChI is InChI=1S/C20H26ClN3OS2/c1-15(27-19-6-4-17(21)5-7-19)12-20(25)24-9-3-8-23(10-11-24)13-18-14-26-16(2)22-18/h4-7,14-15H,3,8-13H2,1-2H3. The van der Waals surface area contributed by atoms with Crippen molar-refractivity contribution in [1.29, 1.82) is 0 Å². The zero-order valence-electron chi connectivity index (χ0n) is 15.9. The molecular weight excluding hydrogens is 398 g/mol. The summed E-state index contributed by atoms with van der Waals surface area (Å²) in [5.74, 6) is 0.260. The Balaban J connectivity index is 1.46. The topological polar surface area (TPSA) is 36.4 Å². The summed E-state index contributed by atoms with van der Waals surface area (Å²) < 4.78 is 0. The highest BCUT2D eigenvalue weighted by Crippen LogP contribution is 2.27. The number of hydrogen-bond acceptors (Lipinski definition) is 5. The fourth-order valence-electron chi connectivity index (χ4n) is 3.25. The zero-order valence-corrected chi connectivity index (χ0v) is 18.2. The van der Waals surface area contributed by atoms with Gasteiger partial charge in [0, 0.05) is 59.7 Å². The Morgan fingerprint density at radius 3 is 2.74 bits per heavy atom. The molecule has 1 amide bonds. The molecule has 1 aromatic heterocycles. The van der Waals surface area contributed by atoms with E-state index < -0.39 is 0 Å². The molecule has 1 aliphatic heterocycles. The molecule has 1 atom stereocenters. The first kappa shape index (κ1) is 20.6. The quantitative estimate of drug-likeness (QED) is 0.630. The van der Waals surface area contributed by atoms with Gasteiger partial charge in [-0.15, -0.1) is 23.1 Å². The van der Waals surface area contributed by atoms with E-state index in [9.17, 15) is 4.79 Å². The van der Waals surface area contributed by atoms with E-state index in [1.807, 2.05) is 36.1 Å². The van der Waals surface area contributed by atoms with E-state index in [1.165, 1.54) is 0 Å². The molecule has 0 N–H and O–H groups in total. The van der Waals surface area contributed by atoms with E-state index in [-0.39, 0.29) is 11.2 Å². The van der Waals surface area contributed by atoms with Gasteiger partial charge < -0.3 is 4.90 Å². The van der Waals surface area contributed by atoms with Crippen LogP contribution in [-0.4, -0.2) is 52.1 Å². The van der Waals surface area contributed by atoms with Crippen molar-refractivity contribution < 1.29 is 4.79 Å². The first-order chi connectivity index (χ1) is 13.0. The molecule has 1 fully saturated rings. The summed E-state index contributed by atoms with van der Waals surface area (Å²) in [4.78, 5) is 22.9. The van der Waals surface area contributed by atoms with Gasteiger partial charge in [-0.3, -0.25) is 9.69 Å². The average Bonchev–Trinajstić information content (AvgIpc) is 2.89. The lowest BCUT2D eigenvalue weighted by Crippen LogP contribution is -2.36. The van der Waals surface area contributed by atoms with Crippen molar-refractivity contribution in [3.05, 3.63) is 45.4 Å². The van der Waals surface area contributed by atoms with Crippen molar-refractivity contribution in [2.24, 2.45) is 0 Å². The lowest BCUT2D eigenvalue weighted by molar-refractivity contribution is -0.131. The number of carbonyl (C=O) groups is 1. The van der Waals surface area contributed by atoms with Crippen molar-refractivity contribution in [2.75, 3.05) is 26.2 Å². The smallest absolute Gasteiger partial charge is 0.223 e. The second kappa shape index (κ2) is 9.92. The van der Waals surface area contributed by atoms with Gasteiger partial charge in [0.1, 0.15) is 0 Å². The number of aromatic nitrogens is 1. The summed E-state index contributed by atoms with van der Waals surface area (Å²) in [5, 5.41) is 4.24. The minimum Gasteiger partial charge on any atom is -0.341 e. The van der Waals surface area contributed by atoms with Crippen LogP contribution in [0, 0.1) is 6.92 Å². The van der Waals surface area contributed by atoms with Crippen LogP contribution in [0.2, 0.25) is 5.02 Å². The highest BCUT2D eigenvalue weighted by molar-refractivity contribution is 8.00. The number of nitrogens with zero attached hydrogens (tertiary/aromatic N) is 3. The van der Waals surface area contributed by atoms with Crippen molar-refractivity contribution in [2.45, 2.75) is 43.4 Å². The van der Waals surface area contributed by atoms with Crippen molar-refractivity contribution in [3.8, 4) is 0 Å². The van der Waals surface area contributed by atoms with Crippen LogP contribution in [0.15, 0.2) is 34.5 Å². The molecule has 0 radical (unpaired) electrons. The molecule has 4 nitrogen and oxygen atoms in total. The average molecular weight is 424 g/mol. The Morgan fingerprint density at radius 2 is 2.04 bits per heavy atom. The Labute approximate surface area is 174 Å². The van der Waals surface area contributed by atoms with Gasteiger partial charge >= 0.3 is 0 Å². The Kier molecular flexibility index (Phi) is 7.58. The van der Waals surface area contributed by atoms with E-state index in [0.29, 0.717) is 6.42 Å². The summed E-state index contributed by atoms with van der Waals surface area (Å²) >= 11 is 9.37. The van der Waals surface area contributed by atoms with Gasteiger partial charge in [-0.05, 0) is 37.6 Å². The van der Waals surface area contributed by atoms with Crippen LogP contribution in [0.5, 0.6) is 0 Å². The lowest BCUT2D eigenvalue weighted by atomic mass is 10.3. The molecule has 0 spiro atoms. The molecule has 1 aromatic carbocycles. The van der Waals surface area contributed by atoms with E-state index in [2.05, 4.69) is 22.2 Å². The second-order valence-electron chi connectivity index (χ2n) is 6.95. The van der Waals surface area contributed by atoms with Crippen LogP contribution < -0.4 is 0 Å². The van der Waals surface area contributed by atoms with Crippen LogP contribution >= 0.6 is 34.7 Å². The number of carbonyl (C=O) groups excluding carboxylic acids is 1. The molecule has 1 unspecified atom stereocenters. The molecule has 27 heavy (non-hydrogen) atoms. The molecule has 7 heteroatoms. The predicted octanol–water partition coefficient (Wildman–Crippen LogP) is 4.71. The number of hydrogen-bond donors (Lipinski definition) is 0. The van der Waals surface area contributed by atoms with Crippen LogP contribution in [0.3, 0.4) is 0 Å². The number of aryl methyl sites for hydroxylation is 1. The highest BCUT2D eigenvalue weighted by Gasteiger charge is 2.21. The molecule has 2 aromatic rings. The normalized spacial score (nSPS) is 16.9. The number of rotatable bonds is 6. The number of benzene rings is 1. The van der Waals surface area contributed by atoms with E-state index >= 15 is 0 Å². The van der Waals surface area contributed by atoms with Gasteiger partial charge in [-0.2, -0.15) is 0 Å². The number of halogens is 1. The third-order valence-corrected chi connectivity index (χ3v) is 6.79. The molecule has 1 saturated heterocycles. The maximum absolute atomic E-state index is 12.7. The first-order valence-electron chi connectivity index (χ1n) is 9.33. The third-order valence-electron chi connectivity index (χ3n) is 4.61. The van der Waals surface area contributed by atoms with Crippen molar-refractivity contribution >= 4 is 40.6 Å². The zero-order chi connectivity index (χ0) is 19.2. The van der Waals surface area contributed by atoms with Crippen molar-refractivity contribution in [3.63, 3.8) is 0 Å². The summed E-state index contributed by atoms with van der Waals surface area (Å²) in [5.41, 5.74) is 1.14. The fourth-order valence-corrected chi connectivity index (χ4v) is 4.96. The van der Waals surface area contributed by atoms with E-state index in [0.717, 1.165) is 59.8 Å². The van der Waals surface area contributed by atoms with Crippen molar-refractivity contribution in [1.82, 2.24) is 14.8 Å². The van der Waals surface area contributed by atoms with Crippen LogP contribution in [0.25, 0.3) is 0 Å². The largest absolute Gasteiger partial charge is 0.341 e. The summed E-state index contributed by atoms with van der Waals surface area (Å²) in [6.07, 6.45) is 1.59. The van der Waals surface area contributed by atoms with Gasteiger partial charge in [-0.1, -0.05) is 18.5 Å². The van der Waals surface area contributed by atoms with Crippen LogP contribution in [-0.2, 0) is 11.3 Å². The maximum Gasteiger partial charge on any atom is 0.223 e. The minimum absolute atomic E-state index is 0.246. The van der Waals surface area contributed by atoms with Gasteiger partial charge in [0.2, 0.25) is 5.91 Å². The Bertz CT molecular complexity index is 750. The number of amides is 1. The summed E-state index contributed by atoms with van der Waals surface area (Å²) in [6, 6.07) is 7.81. The monoisotopic (exact) mass is 423 g/mol. The summed E-state index contributed by atoms with van der Waals surface area (Å²) in [6.45, 7) is 8.64. The molecule has 1 aliphatic rings. The highest BCUT2D eigenvalue weighted by atomic mass is 35.5. The van der Waals surface area contributed by atoms with E-state index in [4.69, 9.17) is 11.6 Å². The maximum atomic E-state index is 12.7. The second-order valence-corrected chi connectivity index (χ2v) is 9.97. The Morgan fingerprint density at radius 1 is 1.26 bits per heavy atom. The molecular formula is C20H26ClN3OS2. The van der Waals surface area contributed by atoms with Crippen LogP contribution in [0.1, 0.15) is 30.5 Å². The van der Waals surface area contributed by atoms with Gasteiger partial charge in [0.15, 0.2) is 0 Å². The first-order valence-corrected chi connectivity index (χ1v) is 11.5. The number of thiazole rings is 1. The molecule has 146 valence electrons. The SMILES string of the molecule is Cc1nc(CN2CCCN(C(=O)CC(C)Sc3ccc(Cl)cc3)CC2)cs1. The Hall–Kier alpha value is -1.08. The molecule has 3 rings (SSSR count). The van der Waals surface area contributed by atoms with Gasteiger partial charge in [-0.25, -0.2) is 4.98 Å². The molecule has 0 aliphatic carbocycles. The minimum atomic E-state index is 0.246. The fraction of sp³-hybridized carbons (Fsp3) is 0.500. The van der Waals surface area contributed by atoms with Gasteiger partial charge in [0.25, 0.3) is 0 Å². The molecule has 0 saturated carbocycles. The molecule has 0 bridgehead atoms.